The summed E-state index contributed by atoms with van der Waals surface area (Å²) in [7, 11) is 1.73. The standard InChI is InChI=1S/C18H24N4O4/c1-20-7-4-13(19-20)16(24)22-11-18(10-14(22)17(25)26)5-8-21(9-6-18)15(23)12-2-3-12/h4,7,12,14H,2-3,5-6,8-11H2,1H3,(H,25,26). The summed E-state index contributed by atoms with van der Waals surface area (Å²) in [6.07, 6.45) is 5.62. The van der Waals surface area contributed by atoms with E-state index in [0.717, 1.165) is 25.7 Å². The second kappa shape index (κ2) is 6.10. The highest BCUT2D eigenvalue weighted by atomic mass is 16.4. The fraction of sp³-hybridized carbons (Fsp3) is 0.667. The number of hydrogen-bond acceptors (Lipinski definition) is 4. The van der Waals surface area contributed by atoms with Gasteiger partial charge in [0.05, 0.1) is 0 Å². The van der Waals surface area contributed by atoms with Crippen molar-refractivity contribution in [3.8, 4) is 0 Å². The summed E-state index contributed by atoms with van der Waals surface area (Å²) in [6, 6.07) is 0.790. The molecule has 1 atom stereocenters. The number of carboxylic acid groups (broad SMARTS) is 1. The van der Waals surface area contributed by atoms with E-state index in [1.807, 2.05) is 4.90 Å². The van der Waals surface area contributed by atoms with Crippen LogP contribution in [0.25, 0.3) is 0 Å². The Hall–Kier alpha value is -2.38. The quantitative estimate of drug-likeness (QED) is 0.858. The molecule has 3 fully saturated rings. The molecule has 1 saturated carbocycles. The van der Waals surface area contributed by atoms with Crippen molar-refractivity contribution < 1.29 is 19.5 Å². The summed E-state index contributed by atoms with van der Waals surface area (Å²) in [5.74, 6) is -0.843. The molecular formula is C18H24N4O4. The van der Waals surface area contributed by atoms with Gasteiger partial charge >= 0.3 is 5.97 Å². The number of aromatic nitrogens is 2. The van der Waals surface area contributed by atoms with E-state index in [1.54, 1.807) is 19.3 Å². The number of aliphatic carboxylic acids is 1. The monoisotopic (exact) mass is 360 g/mol. The minimum Gasteiger partial charge on any atom is -0.480 e. The number of hydrogen-bond donors (Lipinski definition) is 1. The molecular weight excluding hydrogens is 336 g/mol. The van der Waals surface area contributed by atoms with Gasteiger partial charge in [0, 0.05) is 38.8 Å². The SMILES string of the molecule is Cn1ccc(C(=O)N2CC3(CCN(C(=O)C4CC4)CC3)CC2C(=O)O)n1. The van der Waals surface area contributed by atoms with Gasteiger partial charge in [0.25, 0.3) is 5.91 Å². The van der Waals surface area contributed by atoms with Gasteiger partial charge in [-0.1, -0.05) is 0 Å². The second-order valence-electron chi connectivity index (χ2n) is 7.97. The van der Waals surface area contributed by atoms with Crippen molar-refractivity contribution in [3.05, 3.63) is 18.0 Å². The minimum absolute atomic E-state index is 0.210. The topological polar surface area (TPSA) is 95.7 Å². The summed E-state index contributed by atoms with van der Waals surface area (Å²) in [6.45, 7) is 1.74. The van der Waals surface area contributed by atoms with Gasteiger partial charge in [-0.05, 0) is 43.6 Å². The number of carbonyl (C=O) groups excluding carboxylic acids is 2. The lowest BCUT2D eigenvalue weighted by atomic mass is 9.76. The Morgan fingerprint density at radius 3 is 2.46 bits per heavy atom. The molecule has 1 spiro atoms. The first kappa shape index (κ1) is 17.1. The second-order valence-corrected chi connectivity index (χ2v) is 7.97. The van der Waals surface area contributed by atoms with Crippen LogP contribution in [0.1, 0.15) is 42.6 Å². The van der Waals surface area contributed by atoms with Gasteiger partial charge in [-0.15, -0.1) is 0 Å². The van der Waals surface area contributed by atoms with Crippen molar-refractivity contribution >= 4 is 17.8 Å². The van der Waals surface area contributed by atoms with Gasteiger partial charge in [-0.2, -0.15) is 5.10 Å². The fourth-order valence-corrected chi connectivity index (χ4v) is 4.32. The molecule has 4 rings (SSSR count). The van der Waals surface area contributed by atoms with E-state index in [2.05, 4.69) is 5.10 Å². The molecule has 8 heteroatoms. The van der Waals surface area contributed by atoms with Crippen molar-refractivity contribution in [1.82, 2.24) is 19.6 Å². The van der Waals surface area contributed by atoms with E-state index in [1.165, 1.54) is 9.58 Å². The fourth-order valence-electron chi connectivity index (χ4n) is 4.32. The van der Waals surface area contributed by atoms with Gasteiger partial charge in [0.2, 0.25) is 5.91 Å². The maximum absolute atomic E-state index is 12.8. The van der Waals surface area contributed by atoms with Crippen LogP contribution in [0.15, 0.2) is 12.3 Å². The highest BCUT2D eigenvalue weighted by Crippen LogP contribution is 2.44. The Morgan fingerprint density at radius 1 is 1.23 bits per heavy atom. The predicted octanol–water partition coefficient (Wildman–Crippen LogP) is 0.738. The average molecular weight is 360 g/mol. The number of nitrogens with zero attached hydrogens (tertiary/aromatic N) is 4. The minimum atomic E-state index is -0.970. The lowest BCUT2D eigenvalue weighted by Gasteiger charge is -2.39. The smallest absolute Gasteiger partial charge is 0.326 e. The lowest BCUT2D eigenvalue weighted by Crippen LogP contribution is -2.45. The molecule has 0 bridgehead atoms. The zero-order chi connectivity index (χ0) is 18.5. The van der Waals surface area contributed by atoms with Crippen molar-refractivity contribution in [3.63, 3.8) is 0 Å². The number of amides is 2. The Kier molecular flexibility index (Phi) is 4.00. The summed E-state index contributed by atoms with van der Waals surface area (Å²) in [4.78, 5) is 40.2. The van der Waals surface area contributed by atoms with Crippen LogP contribution in [0, 0.1) is 11.3 Å². The third-order valence-corrected chi connectivity index (χ3v) is 6.05. The molecule has 140 valence electrons. The van der Waals surface area contributed by atoms with Crippen LogP contribution in [0.4, 0.5) is 0 Å². The first-order valence-electron chi connectivity index (χ1n) is 9.21. The molecule has 26 heavy (non-hydrogen) atoms. The molecule has 2 aliphatic heterocycles. The highest BCUT2D eigenvalue weighted by Gasteiger charge is 2.51. The number of rotatable bonds is 3. The van der Waals surface area contributed by atoms with Crippen molar-refractivity contribution in [2.45, 2.75) is 38.1 Å². The van der Waals surface area contributed by atoms with Crippen LogP contribution in [0.5, 0.6) is 0 Å². The van der Waals surface area contributed by atoms with Crippen LogP contribution in [0.2, 0.25) is 0 Å². The molecule has 1 unspecified atom stereocenters. The maximum atomic E-state index is 12.8. The highest BCUT2D eigenvalue weighted by molar-refractivity contribution is 5.95. The Balaban J connectivity index is 1.48. The first-order chi connectivity index (χ1) is 12.4. The molecule has 2 saturated heterocycles. The molecule has 1 aromatic rings. The molecule has 2 amide bonds. The van der Waals surface area contributed by atoms with E-state index in [-0.39, 0.29) is 28.8 Å². The molecule has 0 radical (unpaired) electrons. The third-order valence-electron chi connectivity index (χ3n) is 6.05. The summed E-state index contributed by atoms with van der Waals surface area (Å²) < 4.78 is 1.54. The molecule has 1 aromatic heterocycles. The number of piperidine rings is 1. The van der Waals surface area contributed by atoms with E-state index >= 15 is 0 Å². The van der Waals surface area contributed by atoms with Crippen LogP contribution in [0.3, 0.4) is 0 Å². The van der Waals surface area contributed by atoms with E-state index in [0.29, 0.717) is 26.1 Å². The number of carboxylic acids is 1. The van der Waals surface area contributed by atoms with Gasteiger partial charge in [0.1, 0.15) is 11.7 Å². The van der Waals surface area contributed by atoms with Crippen LogP contribution in [-0.2, 0) is 16.6 Å². The molecule has 1 N–H and O–H groups in total. The Morgan fingerprint density at radius 2 is 1.92 bits per heavy atom. The lowest BCUT2D eigenvalue weighted by molar-refractivity contribution is -0.141. The zero-order valence-electron chi connectivity index (χ0n) is 14.9. The Bertz CT molecular complexity index is 746. The number of likely N-dealkylation sites (tertiary alicyclic amines) is 2. The largest absolute Gasteiger partial charge is 0.480 e. The van der Waals surface area contributed by atoms with Crippen LogP contribution in [-0.4, -0.2) is 68.1 Å². The zero-order valence-corrected chi connectivity index (χ0v) is 14.9. The maximum Gasteiger partial charge on any atom is 0.326 e. The van der Waals surface area contributed by atoms with E-state index in [9.17, 15) is 19.5 Å². The van der Waals surface area contributed by atoms with Crippen molar-refractivity contribution in [2.24, 2.45) is 18.4 Å². The third kappa shape index (κ3) is 2.97. The molecule has 1 aliphatic carbocycles. The van der Waals surface area contributed by atoms with E-state index in [4.69, 9.17) is 0 Å². The van der Waals surface area contributed by atoms with Crippen molar-refractivity contribution in [2.75, 3.05) is 19.6 Å². The molecule has 0 aromatic carbocycles. The average Bonchev–Trinajstić information content (AvgIpc) is 3.28. The number of aryl methyl sites for hydroxylation is 1. The van der Waals surface area contributed by atoms with Gasteiger partial charge in [-0.3, -0.25) is 14.3 Å². The van der Waals surface area contributed by atoms with Crippen LogP contribution >= 0.6 is 0 Å². The summed E-state index contributed by atoms with van der Waals surface area (Å²) in [5.41, 5.74) is 0.0607. The molecule has 3 aliphatic rings. The van der Waals surface area contributed by atoms with E-state index < -0.39 is 12.0 Å². The summed E-state index contributed by atoms with van der Waals surface area (Å²) in [5, 5.41) is 13.8. The first-order valence-corrected chi connectivity index (χ1v) is 9.21. The predicted molar refractivity (Wildman–Crippen MR) is 91.3 cm³/mol. The molecule has 3 heterocycles. The van der Waals surface area contributed by atoms with Gasteiger partial charge < -0.3 is 14.9 Å². The normalized spacial score (nSPS) is 24.9. The summed E-state index contributed by atoms with van der Waals surface area (Å²) >= 11 is 0. The van der Waals surface area contributed by atoms with Crippen LogP contribution < -0.4 is 0 Å². The number of carbonyl (C=O) groups is 3. The Labute approximate surface area is 151 Å². The van der Waals surface area contributed by atoms with Crippen molar-refractivity contribution in [1.29, 1.82) is 0 Å². The van der Waals surface area contributed by atoms with Gasteiger partial charge in [0.15, 0.2) is 0 Å². The van der Waals surface area contributed by atoms with Gasteiger partial charge in [-0.25, -0.2) is 4.79 Å². The molecule has 8 nitrogen and oxygen atoms in total.